The third-order valence-electron chi connectivity index (χ3n) is 5.76. The van der Waals surface area contributed by atoms with Crippen LogP contribution in [0.25, 0.3) is 6.08 Å². The van der Waals surface area contributed by atoms with E-state index in [0.717, 1.165) is 37.4 Å². The number of fused-ring (bicyclic) bond motifs is 1. The lowest BCUT2D eigenvalue weighted by molar-refractivity contribution is -0.112. The maximum Gasteiger partial charge on any atom is 0.262 e. The van der Waals surface area contributed by atoms with Crippen LogP contribution in [0.4, 0.5) is 23.0 Å². The lowest BCUT2D eigenvalue weighted by atomic mass is 10.1. The Kier molecular flexibility index (Phi) is 6.16. The Morgan fingerprint density at radius 1 is 1.09 bits per heavy atom. The summed E-state index contributed by atoms with van der Waals surface area (Å²) >= 11 is 1.30. The summed E-state index contributed by atoms with van der Waals surface area (Å²) in [5.74, 6) is 0.262. The van der Waals surface area contributed by atoms with Gasteiger partial charge in [0.25, 0.3) is 5.91 Å². The molecular weight excluding hydrogens is 446 g/mol. The van der Waals surface area contributed by atoms with Crippen LogP contribution < -0.4 is 15.5 Å². The van der Waals surface area contributed by atoms with Crippen LogP contribution in [-0.4, -0.2) is 54.0 Å². The van der Waals surface area contributed by atoms with E-state index in [1.165, 1.54) is 17.4 Å². The van der Waals surface area contributed by atoms with Crippen molar-refractivity contribution in [2.24, 2.45) is 0 Å². The van der Waals surface area contributed by atoms with E-state index in [-0.39, 0.29) is 5.91 Å². The molecule has 0 saturated carbocycles. The number of amides is 1. The summed E-state index contributed by atoms with van der Waals surface area (Å²) in [4.78, 5) is 26.7. The zero-order chi connectivity index (χ0) is 23.5. The van der Waals surface area contributed by atoms with Crippen LogP contribution >= 0.6 is 11.8 Å². The number of aromatic nitrogens is 2. The number of rotatable bonds is 4. The van der Waals surface area contributed by atoms with Gasteiger partial charge in [-0.15, -0.1) is 0 Å². The number of thioether (sulfide) groups is 1. The maximum atomic E-state index is 12.5. The fraction of sp³-hybridized carbons (Fsp3) is 0.200. The van der Waals surface area contributed by atoms with Gasteiger partial charge in [-0.1, -0.05) is 23.9 Å². The van der Waals surface area contributed by atoms with Gasteiger partial charge in [0, 0.05) is 37.6 Å². The van der Waals surface area contributed by atoms with Gasteiger partial charge in [-0.05, 0) is 55.1 Å². The molecule has 8 nitrogen and oxygen atoms in total. The molecule has 2 aliphatic rings. The minimum absolute atomic E-state index is 0.203. The highest BCUT2D eigenvalue weighted by molar-refractivity contribution is 8.04. The van der Waals surface area contributed by atoms with Gasteiger partial charge in [-0.2, -0.15) is 5.26 Å². The summed E-state index contributed by atoms with van der Waals surface area (Å²) in [6, 6.07) is 17.5. The molecule has 1 amide bonds. The van der Waals surface area contributed by atoms with E-state index in [4.69, 9.17) is 5.26 Å². The first kappa shape index (κ1) is 21.9. The van der Waals surface area contributed by atoms with Crippen molar-refractivity contribution in [1.82, 2.24) is 14.9 Å². The van der Waals surface area contributed by atoms with Crippen LogP contribution in [0, 0.1) is 11.3 Å². The number of anilines is 4. The highest BCUT2D eigenvalue weighted by atomic mass is 32.2. The Bertz CT molecular complexity index is 1270. The van der Waals surface area contributed by atoms with Crippen molar-refractivity contribution in [3.05, 3.63) is 70.8 Å². The molecule has 34 heavy (non-hydrogen) atoms. The van der Waals surface area contributed by atoms with Crippen LogP contribution in [-0.2, 0) is 4.79 Å². The molecule has 9 heteroatoms. The third-order valence-corrected chi connectivity index (χ3v) is 6.79. The fourth-order valence-corrected chi connectivity index (χ4v) is 4.67. The number of carbonyl (C=O) groups excluding carboxylic acids is 1. The summed E-state index contributed by atoms with van der Waals surface area (Å²) < 4.78 is 0. The van der Waals surface area contributed by atoms with E-state index in [1.807, 2.05) is 24.3 Å². The van der Waals surface area contributed by atoms with E-state index in [2.05, 4.69) is 55.7 Å². The second-order valence-electron chi connectivity index (χ2n) is 8.17. The summed E-state index contributed by atoms with van der Waals surface area (Å²) in [6.07, 6.45) is 3.41. The largest absolute Gasteiger partial charge is 0.369 e. The van der Waals surface area contributed by atoms with Crippen molar-refractivity contribution in [2.75, 3.05) is 48.8 Å². The molecule has 0 spiro atoms. The molecule has 0 radical (unpaired) electrons. The Hall–Kier alpha value is -3.87. The van der Waals surface area contributed by atoms with Gasteiger partial charge in [0.2, 0.25) is 5.95 Å². The lowest BCUT2D eigenvalue weighted by Gasteiger charge is -2.34. The van der Waals surface area contributed by atoms with Gasteiger partial charge < -0.3 is 20.4 Å². The van der Waals surface area contributed by atoms with Gasteiger partial charge in [0.05, 0.1) is 28.4 Å². The second-order valence-corrected chi connectivity index (χ2v) is 9.20. The molecule has 5 rings (SSSR count). The number of piperazine rings is 1. The van der Waals surface area contributed by atoms with Gasteiger partial charge in [-0.3, -0.25) is 4.79 Å². The van der Waals surface area contributed by atoms with Crippen molar-refractivity contribution in [2.45, 2.75) is 5.03 Å². The SMILES string of the molecule is CN1CCN(c2ccc(Nc3ncc4c(n3)SC(=Cc3ccc(C#N)cc3)C(=O)N4)cc2)CC1. The molecule has 1 aromatic heterocycles. The summed E-state index contributed by atoms with van der Waals surface area (Å²) in [5.41, 5.74) is 4.11. The van der Waals surface area contributed by atoms with Gasteiger partial charge in [0.15, 0.2) is 0 Å². The highest BCUT2D eigenvalue weighted by Crippen LogP contribution is 2.38. The van der Waals surface area contributed by atoms with Crippen molar-refractivity contribution in [3.63, 3.8) is 0 Å². The molecule has 2 N–H and O–H groups in total. The minimum Gasteiger partial charge on any atom is -0.369 e. The highest BCUT2D eigenvalue weighted by Gasteiger charge is 2.23. The van der Waals surface area contributed by atoms with Crippen LogP contribution in [0.1, 0.15) is 11.1 Å². The maximum absolute atomic E-state index is 12.5. The Balaban J connectivity index is 1.29. The molecule has 0 aliphatic carbocycles. The first-order valence-corrected chi connectivity index (χ1v) is 11.8. The molecule has 170 valence electrons. The van der Waals surface area contributed by atoms with Gasteiger partial charge in [0.1, 0.15) is 5.03 Å². The zero-order valence-corrected chi connectivity index (χ0v) is 19.5. The first-order valence-electron chi connectivity index (χ1n) is 11.0. The Labute approximate surface area is 202 Å². The third kappa shape index (κ3) is 4.88. The number of nitriles is 1. The number of nitrogens with zero attached hydrogens (tertiary/aromatic N) is 5. The number of likely N-dealkylation sites (N-methyl/N-ethyl adjacent to an activating group) is 1. The Morgan fingerprint density at radius 3 is 2.53 bits per heavy atom. The lowest BCUT2D eigenvalue weighted by Crippen LogP contribution is -2.44. The zero-order valence-electron chi connectivity index (χ0n) is 18.7. The summed E-state index contributed by atoms with van der Waals surface area (Å²) in [6.45, 7) is 4.19. The van der Waals surface area contributed by atoms with Crippen LogP contribution in [0.3, 0.4) is 0 Å². The van der Waals surface area contributed by atoms with Crippen molar-refractivity contribution < 1.29 is 4.79 Å². The molecular formula is C25H23N7OS. The molecule has 2 aromatic carbocycles. The molecule has 0 bridgehead atoms. The van der Waals surface area contributed by atoms with Crippen LogP contribution in [0.2, 0.25) is 0 Å². The molecule has 0 unspecified atom stereocenters. The van der Waals surface area contributed by atoms with Crippen LogP contribution in [0.15, 0.2) is 64.7 Å². The normalized spacial score (nSPS) is 17.1. The first-order chi connectivity index (χ1) is 16.6. The van der Waals surface area contributed by atoms with E-state index in [1.54, 1.807) is 24.4 Å². The van der Waals surface area contributed by atoms with Crippen molar-refractivity contribution in [3.8, 4) is 6.07 Å². The topological polar surface area (TPSA) is 97.2 Å². The van der Waals surface area contributed by atoms with E-state index < -0.39 is 0 Å². The average molecular weight is 470 g/mol. The number of carbonyl (C=O) groups is 1. The van der Waals surface area contributed by atoms with E-state index >= 15 is 0 Å². The molecule has 1 fully saturated rings. The predicted octanol–water partition coefficient (Wildman–Crippen LogP) is 3.93. The predicted molar refractivity (Wildman–Crippen MR) is 135 cm³/mol. The summed E-state index contributed by atoms with van der Waals surface area (Å²) in [5, 5.41) is 15.7. The molecule has 1 saturated heterocycles. The van der Waals surface area contributed by atoms with Gasteiger partial charge >= 0.3 is 0 Å². The summed E-state index contributed by atoms with van der Waals surface area (Å²) in [7, 11) is 2.15. The molecule has 2 aliphatic heterocycles. The molecule has 3 aromatic rings. The quantitative estimate of drug-likeness (QED) is 0.438. The average Bonchev–Trinajstić information content (AvgIpc) is 2.86. The van der Waals surface area contributed by atoms with E-state index in [0.29, 0.717) is 27.1 Å². The minimum atomic E-state index is -0.203. The smallest absolute Gasteiger partial charge is 0.262 e. The second kappa shape index (κ2) is 9.55. The van der Waals surface area contributed by atoms with Gasteiger partial charge in [-0.25, -0.2) is 9.97 Å². The number of hydrogen-bond acceptors (Lipinski definition) is 8. The number of nitrogens with one attached hydrogen (secondary N) is 2. The van der Waals surface area contributed by atoms with Crippen LogP contribution in [0.5, 0.6) is 0 Å². The van der Waals surface area contributed by atoms with E-state index in [9.17, 15) is 4.79 Å². The number of hydrogen-bond donors (Lipinski definition) is 2. The fourth-order valence-electron chi connectivity index (χ4n) is 3.77. The molecule has 3 heterocycles. The monoisotopic (exact) mass is 469 g/mol. The Morgan fingerprint density at radius 2 is 1.82 bits per heavy atom. The molecule has 0 atom stereocenters. The van der Waals surface area contributed by atoms with Crippen molar-refractivity contribution in [1.29, 1.82) is 5.26 Å². The van der Waals surface area contributed by atoms with Crippen molar-refractivity contribution >= 4 is 46.8 Å². The standard InChI is InChI=1S/C25H23N7OS/c1-31-10-12-32(13-11-31)20-8-6-19(7-9-20)28-25-27-16-21-24(30-25)34-22(23(33)29-21)14-17-2-4-18(15-26)5-3-17/h2-9,14,16H,10-13H2,1H3,(H,29,33)(H,27,28,30). The number of benzene rings is 2.